The molecule has 0 fully saturated rings. The average Bonchev–Trinajstić information content (AvgIpc) is 3.59. The summed E-state index contributed by atoms with van der Waals surface area (Å²) in [6.45, 7) is 11.7. The van der Waals surface area contributed by atoms with Gasteiger partial charge in [0.1, 0.15) is 19.3 Å². The molecule has 17 nitrogen and oxygen atoms in total. The molecule has 0 aliphatic heterocycles. The van der Waals surface area contributed by atoms with E-state index in [9.17, 15) is 43.2 Å². The highest BCUT2D eigenvalue weighted by atomic mass is 31.2. The Balaban J connectivity index is 5.25. The van der Waals surface area contributed by atoms with E-state index in [-0.39, 0.29) is 25.7 Å². The normalized spacial score (nSPS) is 14.7. The van der Waals surface area contributed by atoms with Crippen LogP contribution in [0.3, 0.4) is 0 Å². The lowest BCUT2D eigenvalue weighted by molar-refractivity contribution is -0.161. The van der Waals surface area contributed by atoms with E-state index in [0.717, 1.165) is 102 Å². The molecule has 0 aliphatic rings. The number of ether oxygens (including phenoxy) is 4. The monoisotopic (exact) mass is 1240 g/mol. The Morgan fingerprint density at radius 2 is 0.607 bits per heavy atom. The second-order valence-electron chi connectivity index (χ2n) is 24.7. The van der Waals surface area contributed by atoms with Gasteiger partial charge in [0.15, 0.2) is 12.2 Å². The summed E-state index contributed by atoms with van der Waals surface area (Å²) >= 11 is 0. The molecular weight excluding hydrogens is 1110 g/mol. The zero-order valence-corrected chi connectivity index (χ0v) is 56.1. The van der Waals surface area contributed by atoms with Gasteiger partial charge in [0.05, 0.1) is 26.4 Å². The van der Waals surface area contributed by atoms with Crippen LogP contribution in [0.4, 0.5) is 0 Å². The maximum atomic E-state index is 13.0. The van der Waals surface area contributed by atoms with Crippen molar-refractivity contribution in [3.05, 3.63) is 0 Å². The van der Waals surface area contributed by atoms with E-state index in [1.807, 2.05) is 0 Å². The van der Waals surface area contributed by atoms with Crippen LogP contribution in [0, 0.1) is 17.8 Å². The lowest BCUT2D eigenvalue weighted by Crippen LogP contribution is -2.30. The van der Waals surface area contributed by atoms with Gasteiger partial charge in [-0.2, -0.15) is 0 Å². The van der Waals surface area contributed by atoms with Crippen molar-refractivity contribution in [3.8, 4) is 0 Å². The standard InChI is InChI=1S/C65H126O17P2/c1-8-10-11-12-13-16-25-32-39-46-62(67)75-53-61(82-65(70)49-42-35-28-21-23-30-37-44-57(5)6)55-80-84(73,74)78-51-59(66)50-77-83(71,72)79-54-60(52-76-63(68)47-40-33-26-20-19-24-31-38-45-58(7)9-2)81-64(69)48-41-34-27-18-15-14-17-22-29-36-43-56(3)4/h56-61,66H,8-55H2,1-7H3,(H,71,72)(H,73,74)/t58?,59-,60-,61-/m1/s1. The third-order valence-electron chi connectivity index (χ3n) is 15.2. The minimum Gasteiger partial charge on any atom is -0.462 e. The number of aliphatic hydroxyl groups is 1. The van der Waals surface area contributed by atoms with Gasteiger partial charge in [0, 0.05) is 25.7 Å². The van der Waals surface area contributed by atoms with Crippen LogP contribution in [0.2, 0.25) is 0 Å². The molecular formula is C65H126O17P2. The fourth-order valence-corrected chi connectivity index (χ4v) is 11.2. The van der Waals surface area contributed by atoms with E-state index in [1.165, 1.54) is 128 Å². The maximum Gasteiger partial charge on any atom is 0.472 e. The minimum atomic E-state index is -4.95. The van der Waals surface area contributed by atoms with E-state index in [2.05, 4.69) is 48.5 Å². The average molecular weight is 1240 g/mol. The summed E-state index contributed by atoms with van der Waals surface area (Å²) in [5.74, 6) is 0.0885. The van der Waals surface area contributed by atoms with Crippen molar-refractivity contribution in [3.63, 3.8) is 0 Å². The first-order valence-electron chi connectivity index (χ1n) is 33.9. The summed E-state index contributed by atoms with van der Waals surface area (Å²) in [5, 5.41) is 10.5. The molecule has 0 aliphatic carbocycles. The summed E-state index contributed by atoms with van der Waals surface area (Å²) in [6, 6.07) is 0. The topological polar surface area (TPSA) is 237 Å². The Labute approximate surface area is 511 Å². The molecule has 0 amide bonds. The number of hydrogen-bond donors (Lipinski definition) is 3. The van der Waals surface area contributed by atoms with Crippen LogP contribution in [0.5, 0.6) is 0 Å². The molecule has 3 unspecified atom stereocenters. The van der Waals surface area contributed by atoms with Gasteiger partial charge < -0.3 is 33.8 Å². The Hall–Kier alpha value is -1.94. The zero-order chi connectivity index (χ0) is 62.4. The molecule has 0 bridgehead atoms. The summed E-state index contributed by atoms with van der Waals surface area (Å²) in [4.78, 5) is 72.2. The number of phosphoric acid groups is 2. The van der Waals surface area contributed by atoms with Gasteiger partial charge in [-0.15, -0.1) is 0 Å². The SMILES string of the molecule is CCCCCCCCCCCC(=O)OC[C@H](COP(=O)(O)OC[C@H](O)COP(=O)(O)OC[C@@H](COC(=O)CCCCCCCCCCC(C)CC)OC(=O)CCCCCCCCCCCCC(C)C)OC(=O)CCCCCCCCCC(C)C. The number of unbranched alkanes of at least 4 members (excludes halogenated alkanes) is 30. The Bertz CT molecular complexity index is 1670. The predicted octanol–water partition coefficient (Wildman–Crippen LogP) is 17.9. The first-order valence-corrected chi connectivity index (χ1v) is 36.9. The number of hydrogen-bond acceptors (Lipinski definition) is 15. The van der Waals surface area contributed by atoms with Gasteiger partial charge in [-0.25, -0.2) is 9.13 Å². The molecule has 0 rings (SSSR count). The molecule has 0 heterocycles. The van der Waals surface area contributed by atoms with Crippen molar-refractivity contribution in [2.24, 2.45) is 17.8 Å². The van der Waals surface area contributed by atoms with E-state index >= 15 is 0 Å². The Morgan fingerprint density at radius 3 is 0.905 bits per heavy atom. The molecule has 0 saturated carbocycles. The third-order valence-corrected chi connectivity index (χ3v) is 17.1. The highest BCUT2D eigenvalue weighted by Crippen LogP contribution is 2.45. The molecule has 6 atom stereocenters. The number of aliphatic hydroxyl groups excluding tert-OH is 1. The summed E-state index contributed by atoms with van der Waals surface area (Å²) in [7, 11) is -9.89. The maximum absolute atomic E-state index is 13.0. The summed E-state index contributed by atoms with van der Waals surface area (Å²) in [6.07, 6.45) is 37.6. The van der Waals surface area contributed by atoms with Crippen molar-refractivity contribution in [1.29, 1.82) is 0 Å². The second kappa shape index (κ2) is 56.3. The van der Waals surface area contributed by atoms with Crippen molar-refractivity contribution in [2.45, 2.75) is 336 Å². The third kappa shape index (κ3) is 57.8. The molecule has 0 aromatic rings. The fourth-order valence-electron chi connectivity index (χ4n) is 9.62. The fraction of sp³-hybridized carbons (Fsp3) is 0.938. The molecule has 0 radical (unpaired) electrons. The van der Waals surface area contributed by atoms with Crippen LogP contribution in [-0.4, -0.2) is 96.7 Å². The van der Waals surface area contributed by atoms with Crippen LogP contribution >= 0.6 is 15.6 Å². The molecule has 84 heavy (non-hydrogen) atoms. The van der Waals surface area contributed by atoms with Gasteiger partial charge in [0.2, 0.25) is 0 Å². The van der Waals surface area contributed by atoms with Crippen LogP contribution in [0.1, 0.15) is 318 Å². The van der Waals surface area contributed by atoms with Gasteiger partial charge in [-0.1, -0.05) is 267 Å². The first-order chi connectivity index (χ1) is 40.3. The smallest absolute Gasteiger partial charge is 0.462 e. The van der Waals surface area contributed by atoms with Crippen molar-refractivity contribution >= 4 is 39.5 Å². The van der Waals surface area contributed by atoms with E-state index in [4.69, 9.17) is 37.0 Å². The molecule has 0 spiro atoms. The van der Waals surface area contributed by atoms with Crippen molar-refractivity contribution in [2.75, 3.05) is 39.6 Å². The van der Waals surface area contributed by atoms with Crippen LogP contribution in [-0.2, 0) is 65.4 Å². The van der Waals surface area contributed by atoms with Crippen molar-refractivity contribution < 1.29 is 80.2 Å². The van der Waals surface area contributed by atoms with Gasteiger partial charge >= 0.3 is 39.5 Å². The van der Waals surface area contributed by atoms with Gasteiger partial charge in [-0.3, -0.25) is 37.3 Å². The largest absolute Gasteiger partial charge is 0.472 e. The second-order valence-corrected chi connectivity index (χ2v) is 27.6. The Kier molecular flexibility index (Phi) is 55.0. The lowest BCUT2D eigenvalue weighted by atomic mass is 9.99. The van der Waals surface area contributed by atoms with Gasteiger partial charge in [0.25, 0.3) is 0 Å². The number of carbonyl (C=O) groups is 4. The molecule has 498 valence electrons. The van der Waals surface area contributed by atoms with Crippen LogP contribution in [0.25, 0.3) is 0 Å². The molecule has 3 N–H and O–H groups in total. The van der Waals surface area contributed by atoms with E-state index in [0.29, 0.717) is 31.6 Å². The van der Waals surface area contributed by atoms with E-state index in [1.54, 1.807) is 0 Å². The number of phosphoric ester groups is 2. The lowest BCUT2D eigenvalue weighted by Gasteiger charge is -2.21. The Morgan fingerprint density at radius 1 is 0.345 bits per heavy atom. The number of carbonyl (C=O) groups excluding carboxylic acids is 4. The van der Waals surface area contributed by atoms with Crippen LogP contribution in [0.15, 0.2) is 0 Å². The first kappa shape index (κ1) is 82.1. The summed E-state index contributed by atoms with van der Waals surface area (Å²) in [5.41, 5.74) is 0. The quantitative estimate of drug-likeness (QED) is 0.0222. The summed E-state index contributed by atoms with van der Waals surface area (Å²) < 4.78 is 68.0. The van der Waals surface area contributed by atoms with Crippen LogP contribution < -0.4 is 0 Å². The highest BCUT2D eigenvalue weighted by molar-refractivity contribution is 7.47. The molecule has 19 heteroatoms. The molecule has 0 saturated heterocycles. The number of rotatable bonds is 63. The van der Waals surface area contributed by atoms with E-state index < -0.39 is 97.5 Å². The zero-order valence-electron chi connectivity index (χ0n) is 54.4. The number of esters is 4. The minimum absolute atomic E-state index is 0.103. The molecule has 0 aromatic heterocycles. The van der Waals surface area contributed by atoms with Crippen molar-refractivity contribution in [1.82, 2.24) is 0 Å². The predicted molar refractivity (Wildman–Crippen MR) is 335 cm³/mol. The molecule has 0 aromatic carbocycles. The highest BCUT2D eigenvalue weighted by Gasteiger charge is 2.30. The van der Waals surface area contributed by atoms with Gasteiger partial charge in [-0.05, 0) is 43.4 Å².